The van der Waals surface area contributed by atoms with E-state index in [-0.39, 0.29) is 23.2 Å². The van der Waals surface area contributed by atoms with Crippen LogP contribution >= 0.6 is 0 Å². The highest BCUT2D eigenvalue weighted by molar-refractivity contribution is 5.71. The molecule has 0 saturated carbocycles. The van der Waals surface area contributed by atoms with Crippen molar-refractivity contribution in [2.45, 2.75) is 6.92 Å². The normalized spacial score (nSPS) is 10.8. The molecule has 0 bridgehead atoms. The van der Waals surface area contributed by atoms with Crippen LogP contribution in [0.3, 0.4) is 0 Å². The van der Waals surface area contributed by atoms with E-state index in [4.69, 9.17) is 10.3 Å². The number of para-hydroxylation sites is 1. The highest BCUT2D eigenvalue weighted by Crippen LogP contribution is 2.28. The van der Waals surface area contributed by atoms with Crippen molar-refractivity contribution in [3.05, 3.63) is 53.6 Å². The second kappa shape index (κ2) is 4.97. The van der Waals surface area contributed by atoms with Crippen LogP contribution in [0.25, 0.3) is 22.8 Å². The molecule has 1 aromatic heterocycles. The maximum Gasteiger partial charge on any atom is 0.260 e. The van der Waals surface area contributed by atoms with Gasteiger partial charge in [-0.1, -0.05) is 11.2 Å². The van der Waals surface area contributed by atoms with Crippen molar-refractivity contribution >= 4 is 5.69 Å². The minimum absolute atomic E-state index is 0.0666. The molecule has 2 N–H and O–H groups in total. The Hall–Kier alpha value is -2.76. The van der Waals surface area contributed by atoms with Crippen LogP contribution in [0.15, 0.2) is 40.9 Å². The fourth-order valence-corrected chi connectivity index (χ4v) is 2.04. The predicted molar refractivity (Wildman–Crippen MR) is 74.2 cm³/mol. The van der Waals surface area contributed by atoms with E-state index >= 15 is 0 Å². The minimum atomic E-state index is -0.561. The quantitative estimate of drug-likeness (QED) is 0.732. The maximum atomic E-state index is 13.4. The largest absolute Gasteiger partial charge is 0.396 e. The molecule has 0 radical (unpaired) electrons. The van der Waals surface area contributed by atoms with Gasteiger partial charge in [-0.3, -0.25) is 0 Å². The molecule has 0 unspecified atom stereocenters. The molecule has 1 heterocycles. The molecule has 0 aliphatic carbocycles. The van der Waals surface area contributed by atoms with Gasteiger partial charge in [0.05, 0.1) is 11.3 Å². The summed E-state index contributed by atoms with van der Waals surface area (Å²) in [5.74, 6) is -0.643. The second-order valence-corrected chi connectivity index (χ2v) is 4.64. The van der Waals surface area contributed by atoms with E-state index in [1.165, 1.54) is 24.3 Å². The lowest BCUT2D eigenvalue weighted by atomic mass is 10.1. The third-order valence-corrected chi connectivity index (χ3v) is 3.01. The van der Waals surface area contributed by atoms with E-state index in [2.05, 4.69) is 10.1 Å². The molecular formula is C15H11F2N3O. The van der Waals surface area contributed by atoms with Crippen molar-refractivity contribution in [1.82, 2.24) is 10.1 Å². The first kappa shape index (κ1) is 13.2. The summed E-state index contributed by atoms with van der Waals surface area (Å²) in [5, 5.41) is 3.79. The van der Waals surface area contributed by atoms with Crippen molar-refractivity contribution in [3.63, 3.8) is 0 Å². The third-order valence-electron chi connectivity index (χ3n) is 3.01. The summed E-state index contributed by atoms with van der Waals surface area (Å²) in [6.07, 6.45) is 0. The van der Waals surface area contributed by atoms with Gasteiger partial charge in [0, 0.05) is 5.56 Å². The first-order chi connectivity index (χ1) is 10.0. The summed E-state index contributed by atoms with van der Waals surface area (Å²) >= 11 is 0. The van der Waals surface area contributed by atoms with Crippen LogP contribution in [0, 0.1) is 18.6 Å². The van der Waals surface area contributed by atoms with Crippen molar-refractivity contribution in [3.8, 4) is 22.8 Å². The second-order valence-electron chi connectivity index (χ2n) is 4.64. The Bertz CT molecular complexity index is 794. The number of halogens is 2. The van der Waals surface area contributed by atoms with Gasteiger partial charge < -0.3 is 10.3 Å². The summed E-state index contributed by atoms with van der Waals surface area (Å²) in [6.45, 7) is 1.76. The van der Waals surface area contributed by atoms with E-state index < -0.39 is 5.82 Å². The Balaban J connectivity index is 2.06. The number of aryl methyl sites for hydroxylation is 1. The van der Waals surface area contributed by atoms with Crippen LogP contribution in [-0.2, 0) is 0 Å². The zero-order chi connectivity index (χ0) is 15.0. The average molecular weight is 287 g/mol. The Morgan fingerprint density at radius 1 is 1.14 bits per heavy atom. The lowest BCUT2D eigenvalue weighted by molar-refractivity contribution is 0.432. The molecule has 106 valence electrons. The molecule has 21 heavy (non-hydrogen) atoms. The number of nitrogens with zero attached hydrogens (tertiary/aromatic N) is 2. The summed E-state index contributed by atoms with van der Waals surface area (Å²) in [5.41, 5.74) is 7.11. The summed E-state index contributed by atoms with van der Waals surface area (Å²) in [7, 11) is 0. The van der Waals surface area contributed by atoms with Gasteiger partial charge in [-0.25, -0.2) is 8.78 Å². The third kappa shape index (κ3) is 2.47. The summed E-state index contributed by atoms with van der Waals surface area (Å²) in [4.78, 5) is 4.14. The van der Waals surface area contributed by atoms with Gasteiger partial charge in [0.2, 0.25) is 5.82 Å². The first-order valence-electron chi connectivity index (χ1n) is 6.20. The van der Waals surface area contributed by atoms with Crippen LogP contribution in [0.4, 0.5) is 14.5 Å². The van der Waals surface area contributed by atoms with Crippen molar-refractivity contribution < 1.29 is 13.3 Å². The van der Waals surface area contributed by atoms with Crippen molar-refractivity contribution in [1.29, 1.82) is 0 Å². The van der Waals surface area contributed by atoms with Crippen LogP contribution in [0.2, 0.25) is 0 Å². The molecule has 0 aliphatic heterocycles. The number of rotatable bonds is 2. The molecule has 2 aromatic carbocycles. The summed E-state index contributed by atoms with van der Waals surface area (Å²) < 4.78 is 31.9. The number of benzene rings is 2. The van der Waals surface area contributed by atoms with Gasteiger partial charge in [-0.15, -0.1) is 0 Å². The van der Waals surface area contributed by atoms with Crippen molar-refractivity contribution in [2.75, 3.05) is 5.73 Å². The monoisotopic (exact) mass is 287 g/mol. The lowest BCUT2D eigenvalue weighted by Gasteiger charge is -2.00. The van der Waals surface area contributed by atoms with Crippen LogP contribution < -0.4 is 5.73 Å². The standard InChI is InChI=1S/C15H11F2N3O/c1-8-5-9(7-10(16)6-8)14-19-15(21-20-14)11-3-2-4-12(17)13(11)18/h2-7H,18H2,1H3. The highest BCUT2D eigenvalue weighted by atomic mass is 19.1. The van der Waals surface area contributed by atoms with E-state index in [1.807, 2.05) is 0 Å². The minimum Gasteiger partial charge on any atom is -0.396 e. The molecule has 3 aromatic rings. The molecule has 0 amide bonds. The van der Waals surface area contributed by atoms with Gasteiger partial charge in [0.15, 0.2) is 0 Å². The van der Waals surface area contributed by atoms with Gasteiger partial charge >= 0.3 is 0 Å². The maximum absolute atomic E-state index is 13.4. The first-order valence-corrected chi connectivity index (χ1v) is 6.20. The average Bonchev–Trinajstić information content (AvgIpc) is 2.90. The Morgan fingerprint density at radius 3 is 2.71 bits per heavy atom. The van der Waals surface area contributed by atoms with E-state index in [0.717, 1.165) is 5.56 Å². The van der Waals surface area contributed by atoms with Crippen molar-refractivity contribution in [2.24, 2.45) is 0 Å². The molecule has 0 spiro atoms. The van der Waals surface area contributed by atoms with Gasteiger partial charge in [0.1, 0.15) is 11.6 Å². The predicted octanol–water partition coefficient (Wildman–Crippen LogP) is 3.57. The molecule has 0 fully saturated rings. The molecular weight excluding hydrogens is 276 g/mol. The number of nitrogens with two attached hydrogens (primary N) is 1. The van der Waals surface area contributed by atoms with Crippen LogP contribution in [-0.4, -0.2) is 10.1 Å². The Labute approximate surface area is 119 Å². The molecule has 0 atom stereocenters. The summed E-state index contributed by atoms with van der Waals surface area (Å²) in [6, 6.07) is 8.74. The molecule has 6 heteroatoms. The number of aromatic nitrogens is 2. The molecule has 0 saturated heterocycles. The van der Waals surface area contributed by atoms with Crippen LogP contribution in [0.5, 0.6) is 0 Å². The number of hydrogen-bond donors (Lipinski definition) is 1. The van der Waals surface area contributed by atoms with Gasteiger partial charge in [-0.2, -0.15) is 4.98 Å². The molecule has 3 rings (SSSR count). The SMILES string of the molecule is Cc1cc(F)cc(-c2noc(-c3cccc(F)c3N)n2)c1. The molecule has 4 nitrogen and oxygen atoms in total. The topological polar surface area (TPSA) is 64.9 Å². The highest BCUT2D eigenvalue weighted by Gasteiger charge is 2.15. The van der Waals surface area contributed by atoms with Crippen LogP contribution in [0.1, 0.15) is 5.56 Å². The fourth-order valence-electron chi connectivity index (χ4n) is 2.04. The number of nitrogen functional groups attached to an aromatic ring is 1. The smallest absolute Gasteiger partial charge is 0.260 e. The van der Waals surface area contributed by atoms with Gasteiger partial charge in [-0.05, 0) is 42.8 Å². The zero-order valence-electron chi connectivity index (χ0n) is 11.1. The molecule has 0 aliphatic rings. The van der Waals surface area contributed by atoms with E-state index in [0.29, 0.717) is 11.1 Å². The van der Waals surface area contributed by atoms with Gasteiger partial charge in [0.25, 0.3) is 5.89 Å². The number of anilines is 1. The lowest BCUT2D eigenvalue weighted by Crippen LogP contribution is -1.94. The Morgan fingerprint density at radius 2 is 1.95 bits per heavy atom. The zero-order valence-corrected chi connectivity index (χ0v) is 11.1. The Kier molecular flexibility index (Phi) is 3.13. The number of hydrogen-bond acceptors (Lipinski definition) is 4. The van der Waals surface area contributed by atoms with E-state index in [1.54, 1.807) is 19.1 Å². The van der Waals surface area contributed by atoms with E-state index in [9.17, 15) is 8.78 Å². The fraction of sp³-hybridized carbons (Fsp3) is 0.0667.